The van der Waals surface area contributed by atoms with Crippen LogP contribution in [0.5, 0.6) is 0 Å². The molecule has 1 saturated carbocycles. The number of nitrogens with one attached hydrogen (secondary N) is 1. The number of aliphatic hydroxyl groups is 1. The Morgan fingerprint density at radius 1 is 1.18 bits per heavy atom. The molecule has 0 unspecified atom stereocenters. The molecule has 0 spiro atoms. The van der Waals surface area contributed by atoms with Crippen molar-refractivity contribution in [2.24, 2.45) is 5.92 Å². The van der Waals surface area contributed by atoms with Crippen LogP contribution in [-0.2, 0) is 4.79 Å². The summed E-state index contributed by atoms with van der Waals surface area (Å²) < 4.78 is 0. The summed E-state index contributed by atoms with van der Waals surface area (Å²) in [6.45, 7) is 0.623. The van der Waals surface area contributed by atoms with Gasteiger partial charge in [-0.25, -0.2) is 4.98 Å². The molecule has 1 aromatic carbocycles. The molecule has 1 aliphatic carbocycles. The Morgan fingerprint density at radius 2 is 1.89 bits per heavy atom. The number of fused-ring (bicyclic) bond motifs is 1. The van der Waals surface area contributed by atoms with Gasteiger partial charge in [0.1, 0.15) is 0 Å². The third-order valence-corrected chi connectivity index (χ3v) is 5.40. The molecule has 2 N–H and O–H groups in total. The number of carbonyl (C=O) groups is 2. The average molecular weight is 386 g/mol. The number of hydrogen-bond acceptors (Lipinski definition) is 5. The predicted molar refractivity (Wildman–Crippen MR) is 105 cm³/mol. The molecule has 8 heteroatoms. The SMILES string of the molecule is CN(CCN(C)C(=O)c1nc2ccccc2[nH]c1=O)C(=O)C[C@@H]1CCC[C@H]1O. The van der Waals surface area contributed by atoms with Gasteiger partial charge in [0.2, 0.25) is 5.91 Å². The Morgan fingerprint density at radius 3 is 2.61 bits per heavy atom. The molecular formula is C20H26N4O4. The first-order chi connectivity index (χ1) is 13.4. The maximum atomic E-state index is 12.6. The number of rotatable bonds is 6. The Labute approximate surface area is 163 Å². The molecule has 3 rings (SSSR count). The van der Waals surface area contributed by atoms with E-state index in [0.717, 1.165) is 19.3 Å². The van der Waals surface area contributed by atoms with Gasteiger partial charge in [-0.3, -0.25) is 14.4 Å². The van der Waals surface area contributed by atoms with E-state index in [1.54, 1.807) is 43.3 Å². The molecule has 2 aromatic rings. The van der Waals surface area contributed by atoms with E-state index < -0.39 is 17.6 Å². The molecule has 1 aromatic heterocycles. The quantitative estimate of drug-likeness (QED) is 0.770. The highest BCUT2D eigenvalue weighted by Crippen LogP contribution is 2.28. The fourth-order valence-corrected chi connectivity index (χ4v) is 3.52. The highest BCUT2D eigenvalue weighted by atomic mass is 16.3. The summed E-state index contributed by atoms with van der Waals surface area (Å²) in [6.07, 6.45) is 2.50. The summed E-state index contributed by atoms with van der Waals surface area (Å²) in [4.78, 5) is 47.0. The zero-order valence-electron chi connectivity index (χ0n) is 16.2. The van der Waals surface area contributed by atoms with Crippen LogP contribution in [0.3, 0.4) is 0 Å². The van der Waals surface area contributed by atoms with Crippen LogP contribution in [-0.4, -0.2) is 70.0 Å². The number of H-pyrrole nitrogens is 1. The molecule has 2 amide bonds. The van der Waals surface area contributed by atoms with Gasteiger partial charge in [-0.15, -0.1) is 0 Å². The van der Waals surface area contributed by atoms with Crippen molar-refractivity contribution >= 4 is 22.8 Å². The van der Waals surface area contributed by atoms with E-state index >= 15 is 0 Å². The van der Waals surface area contributed by atoms with Crippen LogP contribution in [0.15, 0.2) is 29.1 Å². The Kier molecular flexibility index (Phi) is 6.08. The van der Waals surface area contributed by atoms with Gasteiger partial charge in [-0.2, -0.15) is 0 Å². The molecule has 0 saturated heterocycles. The number of nitrogens with zero attached hydrogens (tertiary/aromatic N) is 3. The van der Waals surface area contributed by atoms with Gasteiger partial charge in [-0.05, 0) is 30.9 Å². The molecule has 0 bridgehead atoms. The van der Waals surface area contributed by atoms with E-state index in [9.17, 15) is 19.5 Å². The second-order valence-corrected chi connectivity index (χ2v) is 7.44. The number of amides is 2. The fraction of sp³-hybridized carbons (Fsp3) is 0.500. The molecule has 1 heterocycles. The van der Waals surface area contributed by atoms with Crippen LogP contribution in [0.2, 0.25) is 0 Å². The van der Waals surface area contributed by atoms with E-state index in [2.05, 4.69) is 9.97 Å². The maximum Gasteiger partial charge on any atom is 0.280 e. The largest absolute Gasteiger partial charge is 0.393 e. The lowest BCUT2D eigenvalue weighted by atomic mass is 10.0. The van der Waals surface area contributed by atoms with Crippen LogP contribution in [0.25, 0.3) is 11.0 Å². The molecule has 28 heavy (non-hydrogen) atoms. The first-order valence-electron chi connectivity index (χ1n) is 9.53. The number of aliphatic hydroxyl groups excluding tert-OH is 1. The van der Waals surface area contributed by atoms with Crippen molar-refractivity contribution in [1.29, 1.82) is 0 Å². The van der Waals surface area contributed by atoms with Gasteiger partial charge >= 0.3 is 0 Å². The summed E-state index contributed by atoms with van der Waals surface area (Å²) in [5.74, 6) is -0.512. The van der Waals surface area contributed by atoms with Crippen LogP contribution in [0.4, 0.5) is 0 Å². The van der Waals surface area contributed by atoms with Gasteiger partial charge in [0.25, 0.3) is 11.5 Å². The maximum absolute atomic E-state index is 12.6. The Balaban J connectivity index is 1.59. The zero-order chi connectivity index (χ0) is 20.3. The minimum Gasteiger partial charge on any atom is -0.393 e. The first kappa shape index (κ1) is 20.0. The van der Waals surface area contributed by atoms with E-state index in [1.807, 2.05) is 0 Å². The lowest BCUT2D eigenvalue weighted by Crippen LogP contribution is -2.40. The smallest absolute Gasteiger partial charge is 0.280 e. The van der Waals surface area contributed by atoms with Crippen LogP contribution in [0.1, 0.15) is 36.2 Å². The molecule has 1 fully saturated rings. The summed E-state index contributed by atoms with van der Waals surface area (Å²) >= 11 is 0. The number of carbonyl (C=O) groups excluding carboxylic acids is 2. The van der Waals surface area contributed by atoms with E-state index in [-0.39, 0.29) is 24.1 Å². The fourth-order valence-electron chi connectivity index (χ4n) is 3.52. The van der Waals surface area contributed by atoms with Crippen molar-refractivity contribution in [2.75, 3.05) is 27.2 Å². The van der Waals surface area contributed by atoms with Crippen LogP contribution >= 0.6 is 0 Å². The number of likely N-dealkylation sites (N-methyl/N-ethyl adjacent to an activating group) is 2. The molecule has 0 aliphatic heterocycles. The minimum absolute atomic E-state index is 0.0228. The Hall–Kier alpha value is -2.74. The van der Waals surface area contributed by atoms with E-state index in [0.29, 0.717) is 24.0 Å². The Bertz CT molecular complexity index is 926. The molecule has 150 valence electrons. The monoisotopic (exact) mass is 386 g/mol. The standard InChI is InChI=1S/C20H26N4O4/c1-23(17(26)12-13-6-5-9-16(13)25)10-11-24(2)20(28)18-19(27)22-15-8-4-3-7-14(15)21-18/h3-4,7-8,13,16,25H,5-6,9-12H2,1-2H3,(H,22,27)/t13-,16+/m0/s1. The third-order valence-electron chi connectivity index (χ3n) is 5.40. The normalized spacial score (nSPS) is 19.0. The summed E-state index contributed by atoms with van der Waals surface area (Å²) in [7, 11) is 3.26. The lowest BCUT2D eigenvalue weighted by Gasteiger charge is -2.24. The minimum atomic E-state index is -0.532. The van der Waals surface area contributed by atoms with Crippen LogP contribution < -0.4 is 5.56 Å². The van der Waals surface area contributed by atoms with Gasteiger partial charge in [0.05, 0.1) is 17.1 Å². The molecule has 1 aliphatic rings. The topological polar surface area (TPSA) is 107 Å². The summed E-state index contributed by atoms with van der Waals surface area (Å²) in [5.41, 5.74) is 0.423. The van der Waals surface area contributed by atoms with Gasteiger partial charge in [0, 0.05) is 33.6 Å². The predicted octanol–water partition coefficient (Wildman–Crippen LogP) is 1.00. The van der Waals surface area contributed by atoms with Crippen molar-refractivity contribution < 1.29 is 14.7 Å². The van der Waals surface area contributed by atoms with E-state index in [4.69, 9.17) is 0 Å². The van der Waals surface area contributed by atoms with Gasteiger partial charge in [0.15, 0.2) is 5.69 Å². The second-order valence-electron chi connectivity index (χ2n) is 7.44. The van der Waals surface area contributed by atoms with Gasteiger partial charge in [-0.1, -0.05) is 18.6 Å². The van der Waals surface area contributed by atoms with Gasteiger partial charge < -0.3 is 19.9 Å². The molecule has 2 atom stereocenters. The number of benzene rings is 1. The first-order valence-corrected chi connectivity index (χ1v) is 9.53. The average Bonchev–Trinajstić information content (AvgIpc) is 3.09. The summed E-state index contributed by atoms with van der Waals surface area (Å²) in [5, 5.41) is 9.87. The van der Waals surface area contributed by atoms with Crippen molar-refractivity contribution in [2.45, 2.75) is 31.8 Å². The number of para-hydroxylation sites is 2. The highest BCUT2D eigenvalue weighted by Gasteiger charge is 2.28. The molecule has 8 nitrogen and oxygen atoms in total. The van der Waals surface area contributed by atoms with Crippen LogP contribution in [0, 0.1) is 5.92 Å². The highest BCUT2D eigenvalue weighted by molar-refractivity contribution is 5.93. The number of aromatic nitrogens is 2. The van der Waals surface area contributed by atoms with Crippen molar-refractivity contribution in [3.05, 3.63) is 40.3 Å². The number of hydrogen-bond donors (Lipinski definition) is 2. The van der Waals surface area contributed by atoms with Crippen molar-refractivity contribution in [3.63, 3.8) is 0 Å². The molecular weight excluding hydrogens is 360 g/mol. The van der Waals surface area contributed by atoms with E-state index in [1.165, 1.54) is 4.90 Å². The zero-order valence-corrected chi connectivity index (χ0v) is 16.2. The molecule has 0 radical (unpaired) electrons. The third kappa shape index (κ3) is 4.39. The lowest BCUT2D eigenvalue weighted by molar-refractivity contribution is -0.131. The number of aromatic amines is 1. The van der Waals surface area contributed by atoms with Crippen molar-refractivity contribution in [3.8, 4) is 0 Å². The summed E-state index contributed by atoms with van der Waals surface area (Å²) in [6, 6.07) is 7.02. The van der Waals surface area contributed by atoms with Crippen molar-refractivity contribution in [1.82, 2.24) is 19.8 Å². The second kappa shape index (κ2) is 8.52.